The van der Waals surface area contributed by atoms with Gasteiger partial charge in [0.05, 0.1) is 7.11 Å². The van der Waals surface area contributed by atoms with Crippen LogP contribution in [-0.2, 0) is 7.05 Å². The topological polar surface area (TPSA) is 86.4 Å². The van der Waals surface area contributed by atoms with Crippen LogP contribution >= 0.6 is 0 Å². The summed E-state index contributed by atoms with van der Waals surface area (Å²) >= 11 is 0. The monoisotopic (exact) mass is 389 g/mol. The van der Waals surface area contributed by atoms with Crippen LogP contribution in [-0.4, -0.2) is 22.6 Å². The number of para-hydroxylation sites is 1. The Morgan fingerprint density at radius 2 is 2.00 bits per heavy atom. The number of aryl methyl sites for hydroxylation is 1. The van der Waals surface area contributed by atoms with E-state index in [1.807, 2.05) is 41.9 Å². The number of methoxy groups -OCH3 is 1. The van der Waals surface area contributed by atoms with Gasteiger partial charge in [-0.1, -0.05) is 30.3 Å². The minimum Gasteiger partial charge on any atom is -0.497 e. The summed E-state index contributed by atoms with van der Waals surface area (Å²) in [7, 11) is 3.42. The van der Waals surface area contributed by atoms with Gasteiger partial charge in [0.1, 0.15) is 28.8 Å². The number of ether oxygens (including phenoxy) is 1. The number of imidazole rings is 1. The third kappa shape index (κ3) is 3.62. The third-order valence-electron chi connectivity index (χ3n) is 4.71. The molecule has 0 unspecified atom stereocenters. The molecule has 4 aromatic rings. The molecule has 0 radical (unpaired) electrons. The zero-order chi connectivity index (χ0) is 20.4. The smallest absolute Gasteiger partial charge is 0.349 e. The first-order valence-electron chi connectivity index (χ1n) is 9.02. The highest BCUT2D eigenvalue weighted by Gasteiger charge is 2.24. The molecule has 0 saturated carbocycles. The fraction of sp³-hybridized carbons (Fsp3) is 0.136. The fourth-order valence-corrected chi connectivity index (χ4v) is 3.20. The lowest BCUT2D eigenvalue weighted by Crippen LogP contribution is -2.33. The Hall–Kier alpha value is -3.87. The summed E-state index contributed by atoms with van der Waals surface area (Å²) in [4.78, 5) is 29.8. The first kappa shape index (κ1) is 18.5. The summed E-state index contributed by atoms with van der Waals surface area (Å²) in [6.07, 6.45) is 3.44. The molecule has 146 valence electrons. The molecule has 2 heterocycles. The van der Waals surface area contributed by atoms with Crippen LogP contribution < -0.4 is 15.7 Å². The summed E-state index contributed by atoms with van der Waals surface area (Å²) in [5.41, 5.74) is 0.455. The van der Waals surface area contributed by atoms with Gasteiger partial charge in [-0.2, -0.15) is 0 Å². The predicted molar refractivity (Wildman–Crippen MR) is 108 cm³/mol. The standard InChI is InChI=1S/C22H19N3O4/c1-25-11-10-23-20(25)19(15-7-5-8-16(12-15)28-2)24-21(26)17-13-14-6-3-4-9-18(14)29-22(17)27/h3-13,19H,1-2H3,(H,24,26)/t19-/m0/s1. The lowest BCUT2D eigenvalue weighted by molar-refractivity contribution is 0.0937. The van der Waals surface area contributed by atoms with Crippen molar-refractivity contribution in [2.24, 2.45) is 7.05 Å². The normalized spacial score (nSPS) is 11.9. The molecular formula is C22H19N3O4. The van der Waals surface area contributed by atoms with Crippen LogP contribution in [0, 0.1) is 0 Å². The molecule has 29 heavy (non-hydrogen) atoms. The van der Waals surface area contributed by atoms with Gasteiger partial charge in [-0.15, -0.1) is 0 Å². The number of nitrogens with one attached hydrogen (secondary N) is 1. The molecule has 0 bridgehead atoms. The predicted octanol–water partition coefficient (Wildman–Crippen LogP) is 3.05. The van der Waals surface area contributed by atoms with Crippen LogP contribution in [0.25, 0.3) is 11.0 Å². The van der Waals surface area contributed by atoms with Gasteiger partial charge in [0.15, 0.2) is 0 Å². The van der Waals surface area contributed by atoms with Crippen molar-refractivity contribution >= 4 is 16.9 Å². The summed E-state index contributed by atoms with van der Waals surface area (Å²) in [6, 6.07) is 15.4. The van der Waals surface area contributed by atoms with E-state index in [4.69, 9.17) is 9.15 Å². The van der Waals surface area contributed by atoms with Crippen LogP contribution in [0.4, 0.5) is 0 Å². The number of aromatic nitrogens is 2. The van der Waals surface area contributed by atoms with Gasteiger partial charge in [-0.25, -0.2) is 9.78 Å². The molecule has 0 spiro atoms. The number of fused-ring (bicyclic) bond motifs is 1. The number of nitrogens with zero attached hydrogens (tertiary/aromatic N) is 2. The number of hydrogen-bond acceptors (Lipinski definition) is 5. The van der Waals surface area contributed by atoms with Crippen molar-refractivity contribution in [3.63, 3.8) is 0 Å². The highest BCUT2D eigenvalue weighted by molar-refractivity contribution is 5.97. The van der Waals surface area contributed by atoms with Crippen molar-refractivity contribution in [2.75, 3.05) is 7.11 Å². The Bertz CT molecular complexity index is 1240. The molecule has 7 nitrogen and oxygen atoms in total. The van der Waals surface area contributed by atoms with Crippen molar-refractivity contribution in [1.29, 1.82) is 0 Å². The zero-order valence-electron chi connectivity index (χ0n) is 16.0. The summed E-state index contributed by atoms with van der Waals surface area (Å²) in [6.45, 7) is 0. The molecule has 1 amide bonds. The number of benzene rings is 2. The summed E-state index contributed by atoms with van der Waals surface area (Å²) in [5.74, 6) is 0.735. The van der Waals surface area contributed by atoms with E-state index >= 15 is 0 Å². The number of hydrogen-bond donors (Lipinski definition) is 1. The quantitative estimate of drug-likeness (QED) is 0.530. The largest absolute Gasteiger partial charge is 0.497 e. The maximum atomic E-state index is 13.0. The SMILES string of the molecule is COc1cccc([C@H](NC(=O)c2cc3ccccc3oc2=O)c2nccn2C)c1. The molecule has 0 saturated heterocycles. The van der Waals surface area contributed by atoms with E-state index in [9.17, 15) is 9.59 Å². The number of amides is 1. The molecule has 2 aromatic carbocycles. The highest BCUT2D eigenvalue weighted by atomic mass is 16.5. The maximum Gasteiger partial charge on any atom is 0.349 e. The molecule has 0 aliphatic carbocycles. The van der Waals surface area contributed by atoms with E-state index in [0.717, 1.165) is 5.56 Å². The molecule has 4 rings (SSSR count). The zero-order valence-corrected chi connectivity index (χ0v) is 16.0. The first-order chi connectivity index (χ1) is 14.1. The summed E-state index contributed by atoms with van der Waals surface area (Å²) in [5, 5.41) is 3.59. The maximum absolute atomic E-state index is 13.0. The Kier molecular flexibility index (Phi) is 4.87. The van der Waals surface area contributed by atoms with Crippen molar-refractivity contribution in [1.82, 2.24) is 14.9 Å². The number of carbonyl (C=O) groups is 1. The lowest BCUT2D eigenvalue weighted by Gasteiger charge is -2.19. The van der Waals surface area contributed by atoms with E-state index in [2.05, 4.69) is 10.3 Å². The van der Waals surface area contributed by atoms with Crippen molar-refractivity contribution in [2.45, 2.75) is 6.04 Å². The van der Waals surface area contributed by atoms with Gasteiger partial charge >= 0.3 is 5.63 Å². The Morgan fingerprint density at radius 3 is 2.76 bits per heavy atom. The van der Waals surface area contributed by atoms with E-state index in [0.29, 0.717) is 22.5 Å². The fourth-order valence-electron chi connectivity index (χ4n) is 3.20. The van der Waals surface area contributed by atoms with Gasteiger partial charge in [-0.3, -0.25) is 4.79 Å². The van der Waals surface area contributed by atoms with Gasteiger partial charge < -0.3 is 19.0 Å². The second-order valence-electron chi connectivity index (χ2n) is 6.56. The van der Waals surface area contributed by atoms with Crippen molar-refractivity contribution in [3.8, 4) is 5.75 Å². The lowest BCUT2D eigenvalue weighted by atomic mass is 10.0. The van der Waals surface area contributed by atoms with Crippen LogP contribution in [0.2, 0.25) is 0 Å². The number of rotatable bonds is 5. The van der Waals surface area contributed by atoms with Crippen molar-refractivity contribution in [3.05, 3.63) is 94.4 Å². The molecule has 1 N–H and O–H groups in total. The molecule has 0 aliphatic rings. The van der Waals surface area contributed by atoms with Crippen LogP contribution in [0.1, 0.15) is 27.8 Å². The second-order valence-corrected chi connectivity index (χ2v) is 6.56. The third-order valence-corrected chi connectivity index (χ3v) is 4.71. The minimum atomic E-state index is -0.689. The highest BCUT2D eigenvalue weighted by Crippen LogP contribution is 2.24. The van der Waals surface area contributed by atoms with E-state index in [1.54, 1.807) is 37.7 Å². The average Bonchev–Trinajstić information content (AvgIpc) is 3.16. The van der Waals surface area contributed by atoms with Gasteiger partial charge in [0.25, 0.3) is 5.91 Å². The Labute approximate surface area is 166 Å². The van der Waals surface area contributed by atoms with Crippen LogP contribution in [0.3, 0.4) is 0 Å². The molecule has 2 aromatic heterocycles. The summed E-state index contributed by atoms with van der Waals surface area (Å²) < 4.78 is 12.4. The van der Waals surface area contributed by atoms with Gasteiger partial charge in [-0.05, 0) is 29.8 Å². The van der Waals surface area contributed by atoms with Crippen LogP contribution in [0.5, 0.6) is 5.75 Å². The van der Waals surface area contributed by atoms with Crippen LogP contribution in [0.15, 0.2) is 76.2 Å². The molecule has 0 aliphatic heterocycles. The molecule has 7 heteroatoms. The Morgan fingerprint density at radius 1 is 1.17 bits per heavy atom. The molecule has 0 fully saturated rings. The molecular weight excluding hydrogens is 370 g/mol. The van der Waals surface area contributed by atoms with Gasteiger partial charge in [0.2, 0.25) is 0 Å². The number of carbonyl (C=O) groups excluding carboxylic acids is 1. The van der Waals surface area contributed by atoms with E-state index < -0.39 is 17.6 Å². The van der Waals surface area contributed by atoms with Gasteiger partial charge in [0, 0.05) is 24.8 Å². The van der Waals surface area contributed by atoms with E-state index in [1.165, 1.54) is 6.07 Å². The second kappa shape index (κ2) is 7.63. The first-order valence-corrected chi connectivity index (χ1v) is 9.02. The molecule has 1 atom stereocenters. The minimum absolute atomic E-state index is 0.0641. The average molecular weight is 389 g/mol. The Balaban J connectivity index is 1.75. The van der Waals surface area contributed by atoms with Crippen molar-refractivity contribution < 1.29 is 13.9 Å². The van der Waals surface area contributed by atoms with E-state index in [-0.39, 0.29) is 5.56 Å².